The molecule has 1 amide bonds. The van der Waals surface area contributed by atoms with Crippen molar-refractivity contribution in [3.05, 3.63) is 53.3 Å². The van der Waals surface area contributed by atoms with E-state index in [1.807, 2.05) is 4.90 Å². The standard InChI is InChI=1S/C16H21N3O/c1-3-8-19(11-13-6-4-12(2)5-7-13)16(20)15-9-14(17)10-18-15/h4-7,9-10,18H,3,8,11,17H2,1-2H3. The van der Waals surface area contributed by atoms with Crippen LogP contribution < -0.4 is 5.73 Å². The van der Waals surface area contributed by atoms with Gasteiger partial charge in [0.15, 0.2) is 0 Å². The lowest BCUT2D eigenvalue weighted by atomic mass is 10.1. The molecule has 0 aliphatic carbocycles. The summed E-state index contributed by atoms with van der Waals surface area (Å²) in [6, 6.07) is 9.94. The van der Waals surface area contributed by atoms with Gasteiger partial charge in [-0.1, -0.05) is 36.8 Å². The molecule has 0 saturated heterocycles. The molecule has 1 heterocycles. The van der Waals surface area contributed by atoms with Gasteiger partial charge >= 0.3 is 0 Å². The number of amides is 1. The Labute approximate surface area is 119 Å². The molecule has 3 N–H and O–H groups in total. The van der Waals surface area contributed by atoms with Crippen LogP contribution in [0.4, 0.5) is 5.69 Å². The number of carbonyl (C=O) groups excluding carboxylic acids is 1. The molecule has 0 aliphatic rings. The fraction of sp³-hybridized carbons (Fsp3) is 0.312. The van der Waals surface area contributed by atoms with Crippen LogP contribution in [0.1, 0.15) is 35.0 Å². The van der Waals surface area contributed by atoms with Gasteiger partial charge in [-0.2, -0.15) is 0 Å². The second kappa shape index (κ2) is 6.28. The summed E-state index contributed by atoms with van der Waals surface area (Å²) in [6.45, 7) is 5.47. The Hall–Kier alpha value is -2.23. The van der Waals surface area contributed by atoms with E-state index >= 15 is 0 Å². The zero-order valence-corrected chi connectivity index (χ0v) is 12.0. The van der Waals surface area contributed by atoms with E-state index in [-0.39, 0.29) is 5.91 Å². The molecule has 4 heteroatoms. The first-order valence-electron chi connectivity index (χ1n) is 6.89. The Balaban J connectivity index is 2.14. The van der Waals surface area contributed by atoms with Gasteiger partial charge in [0.1, 0.15) is 5.69 Å². The van der Waals surface area contributed by atoms with Crippen molar-refractivity contribution in [1.82, 2.24) is 9.88 Å². The predicted molar refractivity (Wildman–Crippen MR) is 81.4 cm³/mol. The van der Waals surface area contributed by atoms with Crippen LogP contribution in [-0.2, 0) is 6.54 Å². The number of nitrogens with one attached hydrogen (secondary N) is 1. The molecule has 106 valence electrons. The van der Waals surface area contributed by atoms with Crippen LogP contribution in [0, 0.1) is 6.92 Å². The van der Waals surface area contributed by atoms with Gasteiger partial charge in [-0.3, -0.25) is 4.79 Å². The minimum atomic E-state index is -0.0101. The number of aryl methyl sites for hydroxylation is 1. The Morgan fingerprint density at radius 2 is 2.00 bits per heavy atom. The van der Waals surface area contributed by atoms with Crippen molar-refractivity contribution < 1.29 is 4.79 Å². The largest absolute Gasteiger partial charge is 0.397 e. The maximum atomic E-state index is 12.5. The summed E-state index contributed by atoms with van der Waals surface area (Å²) in [6.07, 6.45) is 2.57. The third-order valence-corrected chi connectivity index (χ3v) is 3.21. The Morgan fingerprint density at radius 1 is 1.30 bits per heavy atom. The second-order valence-corrected chi connectivity index (χ2v) is 5.06. The van der Waals surface area contributed by atoms with Crippen molar-refractivity contribution in [2.45, 2.75) is 26.8 Å². The number of benzene rings is 1. The van der Waals surface area contributed by atoms with Crippen LogP contribution in [0.25, 0.3) is 0 Å². The number of nitrogen functional groups attached to an aromatic ring is 1. The first-order valence-corrected chi connectivity index (χ1v) is 6.89. The zero-order chi connectivity index (χ0) is 14.5. The third kappa shape index (κ3) is 3.41. The highest BCUT2D eigenvalue weighted by Crippen LogP contribution is 2.13. The average Bonchev–Trinajstić information content (AvgIpc) is 2.86. The molecule has 1 aromatic carbocycles. The zero-order valence-electron chi connectivity index (χ0n) is 12.0. The molecule has 0 atom stereocenters. The first kappa shape index (κ1) is 14.2. The summed E-state index contributed by atoms with van der Waals surface area (Å²) in [5.41, 5.74) is 9.14. The number of hydrogen-bond acceptors (Lipinski definition) is 2. The van der Waals surface area contributed by atoms with Gasteiger partial charge in [-0.25, -0.2) is 0 Å². The van der Waals surface area contributed by atoms with E-state index in [4.69, 9.17) is 5.73 Å². The number of carbonyl (C=O) groups is 1. The van der Waals surface area contributed by atoms with Crippen LogP contribution in [-0.4, -0.2) is 22.3 Å². The summed E-state index contributed by atoms with van der Waals surface area (Å²) in [7, 11) is 0. The number of aromatic nitrogens is 1. The first-order chi connectivity index (χ1) is 9.60. The van der Waals surface area contributed by atoms with E-state index in [1.54, 1.807) is 12.3 Å². The highest BCUT2D eigenvalue weighted by atomic mass is 16.2. The number of nitrogens with zero attached hydrogens (tertiary/aromatic N) is 1. The van der Waals surface area contributed by atoms with Crippen molar-refractivity contribution in [2.75, 3.05) is 12.3 Å². The molecular formula is C16H21N3O. The maximum absolute atomic E-state index is 12.5. The smallest absolute Gasteiger partial charge is 0.270 e. The Bertz CT molecular complexity index is 572. The van der Waals surface area contributed by atoms with Gasteiger partial charge < -0.3 is 15.6 Å². The SMILES string of the molecule is CCCN(Cc1ccc(C)cc1)C(=O)c1cc(N)c[nH]1. The second-order valence-electron chi connectivity index (χ2n) is 5.06. The molecule has 0 unspecified atom stereocenters. The van der Waals surface area contributed by atoms with Gasteiger partial charge in [0.2, 0.25) is 0 Å². The van der Waals surface area contributed by atoms with Gasteiger partial charge in [0, 0.05) is 25.0 Å². The Kier molecular flexibility index (Phi) is 4.45. The van der Waals surface area contributed by atoms with Crippen LogP contribution in [0.3, 0.4) is 0 Å². The molecule has 0 spiro atoms. The highest BCUT2D eigenvalue weighted by Gasteiger charge is 2.16. The van der Waals surface area contributed by atoms with Crippen molar-refractivity contribution in [2.24, 2.45) is 0 Å². The summed E-state index contributed by atoms with van der Waals surface area (Å²) in [5.74, 6) is -0.0101. The van der Waals surface area contributed by atoms with Crippen molar-refractivity contribution in [1.29, 1.82) is 0 Å². The summed E-state index contributed by atoms with van der Waals surface area (Å²) >= 11 is 0. The molecule has 4 nitrogen and oxygen atoms in total. The summed E-state index contributed by atoms with van der Waals surface area (Å²) < 4.78 is 0. The fourth-order valence-electron chi connectivity index (χ4n) is 2.14. The van der Waals surface area contributed by atoms with Crippen molar-refractivity contribution in [3.63, 3.8) is 0 Å². The lowest BCUT2D eigenvalue weighted by Crippen LogP contribution is -2.31. The molecule has 0 aliphatic heterocycles. The van der Waals surface area contributed by atoms with E-state index in [0.717, 1.165) is 18.5 Å². The molecule has 0 radical (unpaired) electrons. The quantitative estimate of drug-likeness (QED) is 0.878. The average molecular weight is 271 g/mol. The van der Waals surface area contributed by atoms with E-state index in [2.05, 4.69) is 43.1 Å². The van der Waals surface area contributed by atoms with Crippen LogP contribution in [0.5, 0.6) is 0 Å². The number of H-pyrrole nitrogens is 1. The van der Waals surface area contributed by atoms with Crippen LogP contribution in [0.15, 0.2) is 36.5 Å². The van der Waals surface area contributed by atoms with Crippen molar-refractivity contribution >= 4 is 11.6 Å². The Morgan fingerprint density at radius 3 is 2.55 bits per heavy atom. The third-order valence-electron chi connectivity index (χ3n) is 3.21. The van der Waals surface area contributed by atoms with E-state index in [1.165, 1.54) is 5.56 Å². The van der Waals surface area contributed by atoms with Crippen LogP contribution >= 0.6 is 0 Å². The normalized spacial score (nSPS) is 10.5. The molecule has 20 heavy (non-hydrogen) atoms. The molecule has 0 saturated carbocycles. The van der Waals surface area contributed by atoms with Gasteiger partial charge in [0.05, 0.1) is 0 Å². The molecule has 2 aromatic rings. The number of rotatable bonds is 5. The molecular weight excluding hydrogens is 250 g/mol. The minimum Gasteiger partial charge on any atom is -0.397 e. The monoisotopic (exact) mass is 271 g/mol. The lowest BCUT2D eigenvalue weighted by molar-refractivity contribution is 0.0738. The summed E-state index contributed by atoms with van der Waals surface area (Å²) in [5, 5.41) is 0. The fourth-order valence-corrected chi connectivity index (χ4v) is 2.14. The van der Waals surface area contributed by atoms with E-state index in [0.29, 0.717) is 17.9 Å². The summed E-state index contributed by atoms with van der Waals surface area (Å²) in [4.78, 5) is 17.2. The number of anilines is 1. The van der Waals surface area contributed by atoms with Gasteiger partial charge in [-0.05, 0) is 25.0 Å². The minimum absolute atomic E-state index is 0.0101. The van der Waals surface area contributed by atoms with Crippen molar-refractivity contribution in [3.8, 4) is 0 Å². The predicted octanol–water partition coefficient (Wildman–Crippen LogP) is 2.96. The van der Waals surface area contributed by atoms with Gasteiger partial charge in [-0.15, -0.1) is 0 Å². The van der Waals surface area contributed by atoms with Crippen LogP contribution in [0.2, 0.25) is 0 Å². The maximum Gasteiger partial charge on any atom is 0.270 e. The molecule has 0 fully saturated rings. The molecule has 0 bridgehead atoms. The number of hydrogen-bond donors (Lipinski definition) is 2. The van der Waals surface area contributed by atoms with E-state index in [9.17, 15) is 4.79 Å². The number of aromatic amines is 1. The highest BCUT2D eigenvalue weighted by molar-refractivity contribution is 5.93. The lowest BCUT2D eigenvalue weighted by Gasteiger charge is -2.21. The number of nitrogens with two attached hydrogens (primary N) is 1. The molecule has 1 aromatic heterocycles. The van der Waals surface area contributed by atoms with E-state index < -0.39 is 0 Å². The van der Waals surface area contributed by atoms with Gasteiger partial charge in [0.25, 0.3) is 5.91 Å². The topological polar surface area (TPSA) is 62.1 Å². The molecule has 2 rings (SSSR count).